The van der Waals surface area contributed by atoms with Gasteiger partial charge in [0.1, 0.15) is 0 Å². The highest BCUT2D eigenvalue weighted by Gasteiger charge is 2.12. The molecule has 3 nitrogen and oxygen atoms in total. The molecule has 0 amide bonds. The van der Waals surface area contributed by atoms with Gasteiger partial charge in [-0.3, -0.25) is 4.79 Å². The topological polar surface area (TPSA) is 34.9 Å². The summed E-state index contributed by atoms with van der Waals surface area (Å²) in [5.41, 5.74) is 3.21. The Hall–Kier alpha value is -1.64. The van der Waals surface area contributed by atoms with Gasteiger partial charge in [-0.05, 0) is 18.1 Å². The van der Waals surface area contributed by atoms with E-state index in [1.54, 1.807) is 6.92 Å². The van der Waals surface area contributed by atoms with Gasteiger partial charge in [-0.25, -0.2) is 4.98 Å². The summed E-state index contributed by atoms with van der Waals surface area (Å²) in [6, 6.07) is 6.01. The van der Waals surface area contributed by atoms with Gasteiger partial charge in [-0.1, -0.05) is 19.1 Å². The zero-order valence-electron chi connectivity index (χ0n) is 9.24. The van der Waals surface area contributed by atoms with Crippen molar-refractivity contribution in [2.24, 2.45) is 7.05 Å². The molecule has 0 N–H and O–H groups in total. The van der Waals surface area contributed by atoms with Gasteiger partial charge in [-0.15, -0.1) is 0 Å². The van der Waals surface area contributed by atoms with Crippen LogP contribution in [0.4, 0.5) is 0 Å². The number of nitrogens with zero attached hydrogens (tertiary/aromatic N) is 2. The lowest BCUT2D eigenvalue weighted by atomic mass is 10.1. The van der Waals surface area contributed by atoms with E-state index in [9.17, 15) is 4.79 Å². The zero-order valence-corrected chi connectivity index (χ0v) is 9.24. The van der Waals surface area contributed by atoms with Gasteiger partial charge >= 0.3 is 0 Å². The maximum atomic E-state index is 11.4. The number of aromatic nitrogens is 2. The van der Waals surface area contributed by atoms with E-state index >= 15 is 0 Å². The molecule has 0 aliphatic heterocycles. The fourth-order valence-corrected chi connectivity index (χ4v) is 1.95. The number of aryl methyl sites for hydroxylation is 2. The summed E-state index contributed by atoms with van der Waals surface area (Å²) < 4.78 is 1.89. The summed E-state index contributed by atoms with van der Waals surface area (Å²) in [5.74, 6) is 0.543. The number of benzene rings is 1. The lowest BCUT2D eigenvalue weighted by molar-refractivity contribution is 0.100. The number of rotatable bonds is 2. The molecule has 0 atom stereocenters. The van der Waals surface area contributed by atoms with Crippen molar-refractivity contribution in [1.29, 1.82) is 0 Å². The lowest BCUT2D eigenvalue weighted by Crippen LogP contribution is -2.03. The third kappa shape index (κ3) is 1.44. The first kappa shape index (κ1) is 9.90. The third-order valence-electron chi connectivity index (χ3n) is 2.67. The molecule has 1 aromatic heterocycles. The number of hydrogen-bond acceptors (Lipinski definition) is 2. The van der Waals surface area contributed by atoms with Crippen molar-refractivity contribution in [2.45, 2.75) is 20.3 Å². The van der Waals surface area contributed by atoms with E-state index in [4.69, 9.17) is 0 Å². The second kappa shape index (κ2) is 3.50. The average Bonchev–Trinajstić information content (AvgIpc) is 2.56. The Bertz CT molecular complexity index is 526. The highest BCUT2D eigenvalue weighted by Crippen LogP contribution is 2.20. The van der Waals surface area contributed by atoms with Crippen molar-refractivity contribution in [3.05, 3.63) is 29.6 Å². The monoisotopic (exact) mass is 202 g/mol. The van der Waals surface area contributed by atoms with Gasteiger partial charge in [0.05, 0.1) is 11.0 Å². The van der Waals surface area contributed by atoms with Crippen LogP contribution in [0.1, 0.15) is 30.0 Å². The molecule has 78 valence electrons. The Morgan fingerprint density at radius 1 is 1.47 bits per heavy atom. The number of hydrogen-bond donors (Lipinski definition) is 0. The van der Waals surface area contributed by atoms with Gasteiger partial charge in [0.15, 0.2) is 11.6 Å². The van der Waals surface area contributed by atoms with E-state index in [2.05, 4.69) is 18.0 Å². The molecule has 2 aromatic rings. The van der Waals surface area contributed by atoms with Crippen LogP contribution in [-0.4, -0.2) is 15.3 Å². The van der Waals surface area contributed by atoms with Crippen LogP contribution in [0.3, 0.4) is 0 Å². The molecule has 0 radical (unpaired) electrons. The van der Waals surface area contributed by atoms with Crippen molar-refractivity contribution in [3.63, 3.8) is 0 Å². The van der Waals surface area contributed by atoms with Gasteiger partial charge in [-0.2, -0.15) is 0 Å². The zero-order chi connectivity index (χ0) is 11.0. The first-order valence-corrected chi connectivity index (χ1v) is 5.10. The smallest absolute Gasteiger partial charge is 0.195 e. The number of carbonyl (C=O) groups excluding carboxylic acids is 1. The normalized spacial score (nSPS) is 10.9. The quantitative estimate of drug-likeness (QED) is 0.700. The van der Waals surface area contributed by atoms with Crippen LogP contribution in [0, 0.1) is 0 Å². The first-order valence-electron chi connectivity index (χ1n) is 5.10. The van der Waals surface area contributed by atoms with Crippen molar-refractivity contribution in [2.75, 3.05) is 0 Å². The fraction of sp³-hybridized carbons (Fsp3) is 0.333. The van der Waals surface area contributed by atoms with Gasteiger partial charge in [0.2, 0.25) is 0 Å². The predicted molar refractivity (Wildman–Crippen MR) is 60.1 cm³/mol. The van der Waals surface area contributed by atoms with Crippen molar-refractivity contribution < 1.29 is 4.79 Å². The molecule has 1 aromatic carbocycles. The van der Waals surface area contributed by atoms with Crippen LogP contribution < -0.4 is 0 Å². The van der Waals surface area contributed by atoms with Crippen molar-refractivity contribution in [1.82, 2.24) is 9.55 Å². The molecular weight excluding hydrogens is 188 g/mol. The van der Waals surface area contributed by atoms with E-state index in [1.807, 2.05) is 23.7 Å². The van der Waals surface area contributed by atoms with Gasteiger partial charge < -0.3 is 4.57 Å². The molecule has 0 fully saturated rings. The Morgan fingerprint density at radius 3 is 2.80 bits per heavy atom. The standard InChI is InChI=1S/C12H14N2O/c1-4-9-6-5-7-10-11(9)14(3)12(13-10)8(2)15/h5-7H,4H2,1-3H3. The number of para-hydroxylation sites is 1. The molecule has 0 aliphatic carbocycles. The molecule has 0 saturated carbocycles. The SMILES string of the molecule is CCc1cccc2nc(C(C)=O)n(C)c12. The van der Waals surface area contributed by atoms with Crippen LogP contribution in [0.2, 0.25) is 0 Å². The minimum Gasteiger partial charge on any atom is -0.324 e. The van der Waals surface area contributed by atoms with E-state index < -0.39 is 0 Å². The molecule has 0 saturated heterocycles. The molecule has 0 aliphatic rings. The molecule has 0 spiro atoms. The Balaban J connectivity index is 2.82. The van der Waals surface area contributed by atoms with E-state index in [0.29, 0.717) is 5.82 Å². The van der Waals surface area contributed by atoms with E-state index in [1.165, 1.54) is 5.56 Å². The highest BCUT2D eigenvalue weighted by molar-refractivity contribution is 5.95. The molecule has 0 bridgehead atoms. The molecule has 2 rings (SSSR count). The summed E-state index contributed by atoms with van der Waals surface area (Å²) in [4.78, 5) is 15.7. The van der Waals surface area contributed by atoms with Gasteiger partial charge in [0.25, 0.3) is 0 Å². The van der Waals surface area contributed by atoms with Crippen molar-refractivity contribution in [3.8, 4) is 0 Å². The number of imidazole rings is 1. The summed E-state index contributed by atoms with van der Waals surface area (Å²) >= 11 is 0. The Kier molecular flexibility index (Phi) is 2.31. The van der Waals surface area contributed by atoms with Crippen LogP contribution in [-0.2, 0) is 13.5 Å². The minimum atomic E-state index is 0.00996. The summed E-state index contributed by atoms with van der Waals surface area (Å²) in [7, 11) is 1.89. The second-order valence-corrected chi connectivity index (χ2v) is 3.69. The maximum absolute atomic E-state index is 11.4. The molecule has 15 heavy (non-hydrogen) atoms. The fourth-order valence-electron chi connectivity index (χ4n) is 1.95. The van der Waals surface area contributed by atoms with E-state index in [0.717, 1.165) is 17.5 Å². The van der Waals surface area contributed by atoms with E-state index in [-0.39, 0.29) is 5.78 Å². The molecular formula is C12H14N2O. The highest BCUT2D eigenvalue weighted by atomic mass is 16.1. The second-order valence-electron chi connectivity index (χ2n) is 3.69. The number of ketones is 1. The maximum Gasteiger partial charge on any atom is 0.195 e. The number of carbonyl (C=O) groups is 1. The van der Waals surface area contributed by atoms with Crippen LogP contribution in [0.25, 0.3) is 11.0 Å². The molecule has 0 unspecified atom stereocenters. The summed E-state index contributed by atoms with van der Waals surface area (Å²) in [5, 5.41) is 0. The van der Waals surface area contributed by atoms with Crippen LogP contribution in [0.5, 0.6) is 0 Å². The van der Waals surface area contributed by atoms with Gasteiger partial charge in [0, 0.05) is 14.0 Å². The van der Waals surface area contributed by atoms with Crippen LogP contribution in [0.15, 0.2) is 18.2 Å². The predicted octanol–water partition coefficient (Wildman–Crippen LogP) is 2.34. The Labute approximate surface area is 88.7 Å². The largest absolute Gasteiger partial charge is 0.324 e. The van der Waals surface area contributed by atoms with Crippen LogP contribution >= 0.6 is 0 Å². The summed E-state index contributed by atoms with van der Waals surface area (Å²) in [6.45, 7) is 3.65. The number of fused-ring (bicyclic) bond motifs is 1. The first-order chi connectivity index (χ1) is 7.15. The number of Topliss-reactive ketones (excluding diaryl/α,β-unsaturated/α-hetero) is 1. The summed E-state index contributed by atoms with van der Waals surface area (Å²) in [6.07, 6.45) is 0.953. The van der Waals surface area contributed by atoms with Crippen molar-refractivity contribution >= 4 is 16.8 Å². The average molecular weight is 202 g/mol. The molecule has 3 heteroatoms. The minimum absolute atomic E-state index is 0.00996. The third-order valence-corrected chi connectivity index (χ3v) is 2.67. The lowest BCUT2D eigenvalue weighted by Gasteiger charge is -2.02. The Morgan fingerprint density at radius 2 is 2.20 bits per heavy atom. The molecule has 1 heterocycles.